The van der Waals surface area contributed by atoms with Gasteiger partial charge in [-0.3, -0.25) is 0 Å². The van der Waals surface area contributed by atoms with Crippen molar-refractivity contribution in [1.82, 2.24) is 15.0 Å². The van der Waals surface area contributed by atoms with Crippen molar-refractivity contribution in [2.75, 3.05) is 13.7 Å². The molecule has 4 heteroatoms. The van der Waals surface area contributed by atoms with Crippen molar-refractivity contribution in [2.45, 2.75) is 13.3 Å². The van der Waals surface area contributed by atoms with Crippen molar-refractivity contribution in [3.8, 4) is 0 Å². The maximum atomic E-state index is 4.99. The van der Waals surface area contributed by atoms with E-state index in [0.29, 0.717) is 6.61 Å². The Morgan fingerprint density at radius 2 is 2.36 bits per heavy atom. The zero-order chi connectivity index (χ0) is 9.97. The quantitative estimate of drug-likeness (QED) is 0.799. The van der Waals surface area contributed by atoms with Crippen molar-refractivity contribution in [3.63, 3.8) is 0 Å². The van der Waals surface area contributed by atoms with Crippen LogP contribution in [0.1, 0.15) is 11.4 Å². The monoisotopic (exact) mass is 191 g/mol. The van der Waals surface area contributed by atoms with Gasteiger partial charge in [-0.1, -0.05) is 0 Å². The van der Waals surface area contributed by atoms with E-state index in [1.165, 1.54) is 5.56 Å². The zero-order valence-electron chi connectivity index (χ0n) is 8.37. The topological polar surface area (TPSA) is 50.8 Å². The van der Waals surface area contributed by atoms with Gasteiger partial charge in [0, 0.05) is 19.7 Å². The van der Waals surface area contributed by atoms with Gasteiger partial charge in [0.05, 0.1) is 12.1 Å². The molecule has 74 valence electrons. The first-order valence-electron chi connectivity index (χ1n) is 4.60. The van der Waals surface area contributed by atoms with Crippen LogP contribution in [0.25, 0.3) is 11.2 Å². The first-order chi connectivity index (χ1) is 6.81. The van der Waals surface area contributed by atoms with Crippen molar-refractivity contribution in [3.05, 3.63) is 23.7 Å². The second kappa shape index (κ2) is 3.75. The van der Waals surface area contributed by atoms with Gasteiger partial charge in [0.2, 0.25) is 0 Å². The van der Waals surface area contributed by atoms with Crippen LogP contribution in [-0.2, 0) is 11.2 Å². The van der Waals surface area contributed by atoms with Gasteiger partial charge in [-0.2, -0.15) is 0 Å². The number of aryl methyl sites for hydroxylation is 1. The number of hydrogen-bond donors (Lipinski definition) is 1. The van der Waals surface area contributed by atoms with Gasteiger partial charge in [-0.25, -0.2) is 9.97 Å². The van der Waals surface area contributed by atoms with Crippen LogP contribution >= 0.6 is 0 Å². The molecule has 0 saturated heterocycles. The molecule has 0 fully saturated rings. The number of nitrogens with one attached hydrogen (secondary N) is 1. The lowest BCUT2D eigenvalue weighted by atomic mass is 10.3. The lowest BCUT2D eigenvalue weighted by Crippen LogP contribution is -1.95. The van der Waals surface area contributed by atoms with Crippen LogP contribution < -0.4 is 0 Å². The fraction of sp³-hybridized carbons (Fsp3) is 0.400. The molecular weight excluding hydrogens is 178 g/mol. The highest BCUT2D eigenvalue weighted by molar-refractivity contribution is 5.74. The molecule has 0 unspecified atom stereocenters. The lowest BCUT2D eigenvalue weighted by Gasteiger charge is -1.93. The highest BCUT2D eigenvalue weighted by Gasteiger charge is 2.04. The molecule has 2 rings (SSSR count). The van der Waals surface area contributed by atoms with Crippen LogP contribution in [0, 0.1) is 6.92 Å². The number of pyridine rings is 1. The molecule has 0 bridgehead atoms. The van der Waals surface area contributed by atoms with Gasteiger partial charge >= 0.3 is 0 Å². The summed E-state index contributed by atoms with van der Waals surface area (Å²) in [5.41, 5.74) is 2.99. The van der Waals surface area contributed by atoms with Gasteiger partial charge in [0.25, 0.3) is 0 Å². The number of aromatic nitrogens is 3. The van der Waals surface area contributed by atoms with E-state index < -0.39 is 0 Å². The number of imidazole rings is 1. The summed E-state index contributed by atoms with van der Waals surface area (Å²) < 4.78 is 4.99. The van der Waals surface area contributed by atoms with E-state index in [0.717, 1.165) is 23.4 Å². The number of aromatic amines is 1. The molecule has 2 aromatic rings. The van der Waals surface area contributed by atoms with Crippen LogP contribution in [0.15, 0.2) is 12.3 Å². The summed E-state index contributed by atoms with van der Waals surface area (Å²) >= 11 is 0. The van der Waals surface area contributed by atoms with Crippen LogP contribution in [0.4, 0.5) is 0 Å². The maximum Gasteiger partial charge on any atom is 0.177 e. The summed E-state index contributed by atoms with van der Waals surface area (Å²) in [7, 11) is 1.69. The second-order valence-electron chi connectivity index (χ2n) is 3.25. The molecule has 0 aliphatic rings. The summed E-state index contributed by atoms with van der Waals surface area (Å²) in [6.07, 6.45) is 2.57. The molecule has 14 heavy (non-hydrogen) atoms. The number of methoxy groups -OCH3 is 1. The standard InChI is InChI=1S/C10H13N3O/c1-7-3-5-11-10-9(7)12-8(13-10)4-6-14-2/h3,5H,4,6H2,1-2H3,(H,11,12,13). The Bertz CT molecular complexity index is 436. The van der Waals surface area contributed by atoms with Crippen molar-refractivity contribution in [2.24, 2.45) is 0 Å². The Hall–Kier alpha value is -1.42. The Morgan fingerprint density at radius 3 is 3.07 bits per heavy atom. The Balaban J connectivity index is 2.36. The molecular formula is C10H13N3O. The molecule has 0 radical (unpaired) electrons. The normalized spacial score (nSPS) is 11.0. The number of fused-ring (bicyclic) bond motifs is 1. The lowest BCUT2D eigenvalue weighted by molar-refractivity contribution is 0.201. The Kier molecular flexibility index (Phi) is 2.45. The van der Waals surface area contributed by atoms with Gasteiger partial charge in [0.15, 0.2) is 5.65 Å². The van der Waals surface area contributed by atoms with E-state index in [-0.39, 0.29) is 0 Å². The predicted octanol–water partition coefficient (Wildman–Crippen LogP) is 1.46. The third kappa shape index (κ3) is 1.61. The summed E-state index contributed by atoms with van der Waals surface area (Å²) in [5, 5.41) is 0. The van der Waals surface area contributed by atoms with E-state index in [1.54, 1.807) is 13.3 Å². The molecule has 0 atom stereocenters. The van der Waals surface area contributed by atoms with E-state index in [9.17, 15) is 0 Å². The minimum atomic E-state index is 0.679. The molecule has 0 amide bonds. The van der Waals surface area contributed by atoms with Crippen LogP contribution in [0.3, 0.4) is 0 Å². The first-order valence-corrected chi connectivity index (χ1v) is 4.60. The predicted molar refractivity (Wildman–Crippen MR) is 54.2 cm³/mol. The molecule has 0 aromatic carbocycles. The SMILES string of the molecule is COCCc1nc2nccc(C)c2[nH]1. The third-order valence-corrected chi connectivity index (χ3v) is 2.19. The Morgan fingerprint density at radius 1 is 1.50 bits per heavy atom. The van der Waals surface area contributed by atoms with Crippen LogP contribution in [-0.4, -0.2) is 28.7 Å². The summed E-state index contributed by atoms with van der Waals surface area (Å²) in [6, 6.07) is 1.97. The van der Waals surface area contributed by atoms with Gasteiger partial charge in [-0.15, -0.1) is 0 Å². The van der Waals surface area contributed by atoms with E-state index >= 15 is 0 Å². The van der Waals surface area contributed by atoms with E-state index in [4.69, 9.17) is 4.74 Å². The number of nitrogens with zero attached hydrogens (tertiary/aromatic N) is 2. The average molecular weight is 191 g/mol. The smallest absolute Gasteiger partial charge is 0.177 e. The van der Waals surface area contributed by atoms with Gasteiger partial charge in [0.1, 0.15) is 5.82 Å². The molecule has 0 spiro atoms. The molecule has 0 aliphatic carbocycles. The maximum absolute atomic E-state index is 4.99. The number of hydrogen-bond acceptors (Lipinski definition) is 3. The average Bonchev–Trinajstić information content (AvgIpc) is 2.59. The van der Waals surface area contributed by atoms with Crippen molar-refractivity contribution >= 4 is 11.2 Å². The second-order valence-corrected chi connectivity index (χ2v) is 3.25. The number of rotatable bonds is 3. The fourth-order valence-electron chi connectivity index (χ4n) is 1.40. The molecule has 1 N–H and O–H groups in total. The van der Waals surface area contributed by atoms with Gasteiger partial charge < -0.3 is 9.72 Å². The minimum Gasteiger partial charge on any atom is -0.384 e. The molecule has 0 saturated carbocycles. The van der Waals surface area contributed by atoms with E-state index in [2.05, 4.69) is 15.0 Å². The van der Waals surface area contributed by atoms with Crippen molar-refractivity contribution < 1.29 is 4.74 Å². The highest BCUT2D eigenvalue weighted by Crippen LogP contribution is 2.12. The summed E-state index contributed by atoms with van der Waals surface area (Å²) in [4.78, 5) is 11.8. The fourth-order valence-corrected chi connectivity index (χ4v) is 1.40. The van der Waals surface area contributed by atoms with E-state index in [1.807, 2.05) is 13.0 Å². The van der Waals surface area contributed by atoms with Crippen LogP contribution in [0.2, 0.25) is 0 Å². The van der Waals surface area contributed by atoms with Gasteiger partial charge in [-0.05, 0) is 18.6 Å². The minimum absolute atomic E-state index is 0.679. The third-order valence-electron chi connectivity index (χ3n) is 2.19. The Labute approximate surface area is 82.3 Å². The van der Waals surface area contributed by atoms with Crippen LogP contribution in [0.5, 0.6) is 0 Å². The zero-order valence-corrected chi connectivity index (χ0v) is 8.37. The summed E-state index contributed by atoms with van der Waals surface area (Å²) in [5.74, 6) is 0.934. The molecule has 0 aliphatic heterocycles. The highest BCUT2D eigenvalue weighted by atomic mass is 16.5. The number of ether oxygens (including phenoxy) is 1. The van der Waals surface area contributed by atoms with Crippen molar-refractivity contribution in [1.29, 1.82) is 0 Å². The molecule has 4 nitrogen and oxygen atoms in total. The molecule has 2 aromatic heterocycles. The number of H-pyrrole nitrogens is 1. The summed E-state index contributed by atoms with van der Waals surface area (Å²) in [6.45, 7) is 2.72. The largest absolute Gasteiger partial charge is 0.384 e. The molecule has 2 heterocycles. The first kappa shape index (κ1) is 9.15.